The minimum Gasteiger partial charge on any atom is -0.422 e. The molecule has 0 aromatic heterocycles. The number of nitrogens with zero attached hydrogens (tertiary/aromatic N) is 1. The van der Waals surface area contributed by atoms with Crippen molar-refractivity contribution in [3.05, 3.63) is 0 Å². The SMILES string of the molecule is CO[Si](C)(C)[Si](C)(C)N(C)[SiH](C)C. The molecule has 0 bridgehead atoms. The van der Waals surface area contributed by atoms with Gasteiger partial charge in [0.2, 0.25) is 0 Å². The summed E-state index contributed by atoms with van der Waals surface area (Å²) in [7, 11) is 0.818. The van der Waals surface area contributed by atoms with E-state index in [-0.39, 0.29) is 0 Å². The van der Waals surface area contributed by atoms with E-state index in [1.165, 1.54) is 0 Å². The van der Waals surface area contributed by atoms with Gasteiger partial charge in [-0.25, -0.2) is 0 Å². The third-order valence-corrected chi connectivity index (χ3v) is 25.7. The summed E-state index contributed by atoms with van der Waals surface area (Å²) in [6.45, 7) is 14.4. The van der Waals surface area contributed by atoms with Crippen LogP contribution in [0.25, 0.3) is 0 Å². The summed E-state index contributed by atoms with van der Waals surface area (Å²) < 4.78 is 8.44. The fourth-order valence-electron chi connectivity index (χ4n) is 1.32. The van der Waals surface area contributed by atoms with Gasteiger partial charge in [-0.05, 0) is 20.1 Å². The molecular weight excluding hydrogens is 210 g/mol. The van der Waals surface area contributed by atoms with Gasteiger partial charge in [0.15, 0.2) is 7.83 Å². The van der Waals surface area contributed by atoms with Crippen LogP contribution in [-0.2, 0) is 4.43 Å². The van der Waals surface area contributed by atoms with Crippen LogP contribution in [0.2, 0.25) is 39.3 Å². The molecule has 0 amide bonds. The molecule has 0 saturated carbocycles. The van der Waals surface area contributed by atoms with Crippen LogP contribution >= 0.6 is 0 Å². The van der Waals surface area contributed by atoms with E-state index in [1.807, 2.05) is 7.11 Å². The largest absolute Gasteiger partial charge is 0.422 e. The molecule has 0 saturated heterocycles. The summed E-state index contributed by atoms with van der Waals surface area (Å²) in [6.07, 6.45) is 0. The van der Waals surface area contributed by atoms with E-state index in [4.69, 9.17) is 4.43 Å². The molecular formula is C8H25NOSi3. The molecule has 0 unspecified atom stereocenters. The topological polar surface area (TPSA) is 12.5 Å². The second-order valence-corrected chi connectivity index (χ2v) is 23.0. The predicted octanol–water partition coefficient (Wildman–Crippen LogP) is 2.04. The number of hydrogen-bond acceptors (Lipinski definition) is 2. The second-order valence-electron chi connectivity index (χ2n) is 4.98. The highest BCUT2D eigenvalue weighted by molar-refractivity contribution is 7.38. The molecule has 0 heterocycles. The Balaban J connectivity index is 4.74. The maximum Gasteiger partial charge on any atom is 0.189 e. The molecule has 0 atom stereocenters. The van der Waals surface area contributed by atoms with E-state index < -0.39 is 24.5 Å². The van der Waals surface area contributed by atoms with Gasteiger partial charge >= 0.3 is 0 Å². The lowest BCUT2D eigenvalue weighted by Gasteiger charge is -2.45. The third kappa shape index (κ3) is 2.76. The molecule has 0 rings (SSSR count). The van der Waals surface area contributed by atoms with Crippen molar-refractivity contribution < 1.29 is 4.43 Å². The lowest BCUT2D eigenvalue weighted by molar-refractivity contribution is 0.416. The van der Waals surface area contributed by atoms with Crippen LogP contribution in [0.5, 0.6) is 0 Å². The Kier molecular flexibility index (Phi) is 4.59. The first kappa shape index (κ1) is 13.6. The van der Waals surface area contributed by atoms with Crippen molar-refractivity contribution in [1.82, 2.24) is 4.23 Å². The predicted molar refractivity (Wildman–Crippen MR) is 68.6 cm³/mol. The van der Waals surface area contributed by atoms with Crippen LogP contribution in [0.3, 0.4) is 0 Å². The van der Waals surface area contributed by atoms with E-state index in [0.29, 0.717) is 0 Å². The van der Waals surface area contributed by atoms with Gasteiger partial charge in [0.25, 0.3) is 0 Å². The summed E-state index contributed by atoms with van der Waals surface area (Å²) in [5.41, 5.74) is 0. The molecule has 0 N–H and O–H groups in total. The highest BCUT2D eigenvalue weighted by Crippen LogP contribution is 2.23. The Bertz CT molecular complexity index is 171. The fraction of sp³-hybridized carbons (Fsp3) is 1.00. The van der Waals surface area contributed by atoms with Crippen molar-refractivity contribution in [2.45, 2.75) is 39.3 Å². The van der Waals surface area contributed by atoms with E-state index in [9.17, 15) is 0 Å². The average molecular weight is 236 g/mol. The molecule has 2 nitrogen and oxygen atoms in total. The van der Waals surface area contributed by atoms with E-state index in [1.54, 1.807) is 0 Å². The first-order valence-electron chi connectivity index (χ1n) is 4.95. The third-order valence-electron chi connectivity index (χ3n) is 3.64. The summed E-state index contributed by atoms with van der Waals surface area (Å²) in [5.74, 6) is 0. The Morgan fingerprint density at radius 3 is 1.69 bits per heavy atom. The van der Waals surface area contributed by atoms with Crippen molar-refractivity contribution >= 4 is 24.5 Å². The second kappa shape index (κ2) is 4.39. The van der Waals surface area contributed by atoms with E-state index >= 15 is 0 Å². The molecule has 0 aliphatic rings. The normalized spacial score (nSPS) is 14.3. The molecule has 0 aromatic rings. The molecule has 0 aromatic carbocycles. The lowest BCUT2D eigenvalue weighted by Crippen LogP contribution is -2.68. The lowest BCUT2D eigenvalue weighted by atomic mass is 11.6. The smallest absolute Gasteiger partial charge is 0.189 e. The summed E-state index contributed by atoms with van der Waals surface area (Å²) >= 11 is 0. The highest BCUT2D eigenvalue weighted by atomic mass is 29.3. The van der Waals surface area contributed by atoms with Crippen molar-refractivity contribution in [2.24, 2.45) is 0 Å². The van der Waals surface area contributed by atoms with Gasteiger partial charge in [-0.2, -0.15) is 0 Å². The molecule has 0 aliphatic carbocycles. The zero-order chi connectivity index (χ0) is 10.9. The van der Waals surface area contributed by atoms with E-state index in [2.05, 4.69) is 50.6 Å². The number of rotatable bonds is 4. The van der Waals surface area contributed by atoms with Crippen LogP contribution < -0.4 is 0 Å². The van der Waals surface area contributed by atoms with Crippen LogP contribution in [0.1, 0.15) is 0 Å². The standard InChI is InChI=1S/C8H25NOSi3/c1-9(11(3)4)12(5,6)13(7,8)10-2/h11H,1-8H3. The minimum absolute atomic E-state index is 0.654. The van der Waals surface area contributed by atoms with Crippen molar-refractivity contribution in [2.75, 3.05) is 14.2 Å². The number of hydrogen-bond donors (Lipinski definition) is 0. The van der Waals surface area contributed by atoms with Crippen LogP contribution in [0.4, 0.5) is 0 Å². The van der Waals surface area contributed by atoms with Gasteiger partial charge in [-0.3, -0.25) is 0 Å². The minimum atomic E-state index is -1.43. The van der Waals surface area contributed by atoms with Crippen LogP contribution in [0.15, 0.2) is 0 Å². The molecule has 0 aliphatic heterocycles. The maximum atomic E-state index is 5.75. The molecule has 0 spiro atoms. The Morgan fingerprint density at radius 1 is 1.08 bits per heavy atom. The van der Waals surface area contributed by atoms with Crippen LogP contribution in [0, 0.1) is 0 Å². The van der Waals surface area contributed by atoms with Crippen molar-refractivity contribution in [3.8, 4) is 0 Å². The van der Waals surface area contributed by atoms with Crippen molar-refractivity contribution in [3.63, 3.8) is 0 Å². The molecule has 0 fully saturated rings. The van der Waals surface area contributed by atoms with Gasteiger partial charge in [-0.1, -0.05) is 26.2 Å². The van der Waals surface area contributed by atoms with Gasteiger partial charge in [0.1, 0.15) is 7.75 Å². The van der Waals surface area contributed by atoms with E-state index in [0.717, 1.165) is 0 Å². The maximum absolute atomic E-state index is 5.75. The Morgan fingerprint density at radius 2 is 1.46 bits per heavy atom. The van der Waals surface area contributed by atoms with Gasteiger partial charge in [0.05, 0.1) is 8.96 Å². The molecule has 5 heteroatoms. The Labute approximate surface area is 87.0 Å². The highest BCUT2D eigenvalue weighted by Gasteiger charge is 2.46. The molecule has 13 heavy (non-hydrogen) atoms. The zero-order valence-corrected chi connectivity index (χ0v) is 13.6. The monoisotopic (exact) mass is 235 g/mol. The summed E-state index contributed by atoms with van der Waals surface area (Å²) in [4.78, 5) is 0. The average Bonchev–Trinajstić information content (AvgIpc) is 2.02. The molecule has 0 radical (unpaired) electrons. The summed E-state index contributed by atoms with van der Waals surface area (Å²) in [5, 5.41) is 0. The van der Waals surface area contributed by atoms with Gasteiger partial charge in [-0.15, -0.1) is 0 Å². The van der Waals surface area contributed by atoms with Gasteiger partial charge in [0, 0.05) is 7.11 Å². The quantitative estimate of drug-likeness (QED) is 0.692. The van der Waals surface area contributed by atoms with Crippen LogP contribution in [-0.4, -0.2) is 42.9 Å². The fourth-order valence-corrected chi connectivity index (χ4v) is 17.0. The van der Waals surface area contributed by atoms with Gasteiger partial charge < -0.3 is 8.66 Å². The zero-order valence-electron chi connectivity index (χ0n) is 10.4. The summed E-state index contributed by atoms with van der Waals surface area (Å²) in [6, 6.07) is 0. The Hall–Kier alpha value is 0.571. The molecule has 80 valence electrons. The first-order valence-corrected chi connectivity index (χ1v) is 14.6. The van der Waals surface area contributed by atoms with Crippen molar-refractivity contribution in [1.29, 1.82) is 0 Å². The first-order chi connectivity index (χ1) is 5.66.